The van der Waals surface area contributed by atoms with E-state index in [0.29, 0.717) is 6.54 Å². The van der Waals surface area contributed by atoms with Gasteiger partial charge in [0.05, 0.1) is 24.6 Å². The van der Waals surface area contributed by atoms with Crippen molar-refractivity contribution < 1.29 is 22.7 Å². The maximum atomic E-state index is 13.1. The van der Waals surface area contributed by atoms with Gasteiger partial charge >= 0.3 is 6.18 Å². The highest BCUT2D eigenvalue weighted by Crippen LogP contribution is 2.34. The van der Waals surface area contributed by atoms with E-state index in [1.807, 2.05) is 6.07 Å². The van der Waals surface area contributed by atoms with E-state index in [-0.39, 0.29) is 29.9 Å². The molecular formula is C21H23F3N6O2. The van der Waals surface area contributed by atoms with Gasteiger partial charge in [-0.25, -0.2) is 9.97 Å². The summed E-state index contributed by atoms with van der Waals surface area (Å²) in [6.07, 6.45) is 0.481. The Kier molecular flexibility index (Phi) is 6.06. The van der Waals surface area contributed by atoms with Crippen LogP contribution in [0.2, 0.25) is 0 Å². The highest BCUT2D eigenvalue weighted by Gasteiger charge is 2.31. The zero-order valence-corrected chi connectivity index (χ0v) is 17.4. The second kappa shape index (κ2) is 8.93. The van der Waals surface area contributed by atoms with E-state index in [1.54, 1.807) is 6.20 Å². The van der Waals surface area contributed by atoms with Gasteiger partial charge in [0.15, 0.2) is 0 Å². The smallest absolute Gasteiger partial charge is 0.416 e. The minimum absolute atomic E-state index is 0.0616. The van der Waals surface area contributed by atoms with E-state index in [0.717, 1.165) is 48.4 Å². The molecule has 2 aromatic heterocycles. The zero-order valence-electron chi connectivity index (χ0n) is 17.4. The number of methoxy groups -OCH3 is 1. The molecule has 3 aromatic rings. The van der Waals surface area contributed by atoms with Crippen molar-refractivity contribution in [3.63, 3.8) is 0 Å². The number of aromatic amines is 1. The lowest BCUT2D eigenvalue weighted by atomic mass is 10.1. The van der Waals surface area contributed by atoms with Crippen molar-refractivity contribution in [2.45, 2.75) is 25.1 Å². The van der Waals surface area contributed by atoms with Gasteiger partial charge in [-0.1, -0.05) is 0 Å². The van der Waals surface area contributed by atoms with Gasteiger partial charge in [-0.3, -0.25) is 4.79 Å². The minimum atomic E-state index is -4.51. The van der Waals surface area contributed by atoms with Crippen LogP contribution in [-0.4, -0.2) is 53.6 Å². The van der Waals surface area contributed by atoms with E-state index in [9.17, 15) is 18.0 Å². The van der Waals surface area contributed by atoms with Gasteiger partial charge in [0, 0.05) is 37.1 Å². The molecule has 1 aliphatic heterocycles. The summed E-state index contributed by atoms with van der Waals surface area (Å²) in [7, 11) is 1.29. The van der Waals surface area contributed by atoms with Crippen LogP contribution in [-0.2, 0) is 11.0 Å². The first-order chi connectivity index (χ1) is 15.3. The van der Waals surface area contributed by atoms with Gasteiger partial charge in [0.1, 0.15) is 23.5 Å². The van der Waals surface area contributed by atoms with Crippen LogP contribution >= 0.6 is 0 Å². The molecule has 3 N–H and O–H groups in total. The number of fused-ring (bicyclic) bond motifs is 1. The molecule has 1 fully saturated rings. The second-order valence-electron chi connectivity index (χ2n) is 7.59. The average Bonchev–Trinajstić information content (AvgIpc) is 3.26. The fourth-order valence-electron chi connectivity index (χ4n) is 3.84. The Morgan fingerprint density at radius 2 is 2.16 bits per heavy atom. The van der Waals surface area contributed by atoms with E-state index in [1.165, 1.54) is 19.5 Å². The first kappa shape index (κ1) is 21.7. The Balaban J connectivity index is 1.37. The van der Waals surface area contributed by atoms with Crippen molar-refractivity contribution in [3.05, 3.63) is 42.4 Å². The Morgan fingerprint density at radius 3 is 2.94 bits per heavy atom. The Bertz CT molecular complexity index is 1100. The lowest BCUT2D eigenvalue weighted by Crippen LogP contribution is -2.49. The van der Waals surface area contributed by atoms with Crippen LogP contribution in [0.3, 0.4) is 0 Å². The second-order valence-corrected chi connectivity index (χ2v) is 7.59. The number of aromatic nitrogens is 3. The van der Waals surface area contributed by atoms with Crippen molar-refractivity contribution in [1.82, 2.24) is 20.3 Å². The number of alkyl halides is 3. The molecule has 0 saturated carbocycles. The van der Waals surface area contributed by atoms with Crippen molar-refractivity contribution in [1.29, 1.82) is 0 Å². The minimum Gasteiger partial charge on any atom is -0.497 e. The number of carbonyl (C=O) groups excluding carboxylic acids is 1. The molecule has 1 aliphatic rings. The summed E-state index contributed by atoms with van der Waals surface area (Å²) in [5, 5.41) is 6.63. The number of piperidine rings is 1. The van der Waals surface area contributed by atoms with Crippen LogP contribution in [0.4, 0.5) is 24.7 Å². The Morgan fingerprint density at radius 1 is 1.31 bits per heavy atom. The van der Waals surface area contributed by atoms with E-state index >= 15 is 0 Å². The Hall–Kier alpha value is -3.50. The number of ether oxygens (including phenoxy) is 1. The summed E-state index contributed by atoms with van der Waals surface area (Å²) in [6.45, 7) is 1.24. The highest BCUT2D eigenvalue weighted by molar-refractivity contribution is 5.87. The monoisotopic (exact) mass is 448 g/mol. The molecule has 170 valence electrons. The standard InChI is InChI=1S/C21H23F3N6O2/c1-32-16-8-13(21(22,23)24)7-15(9-16)26-10-18(31)29-14-3-2-6-30(11-14)20-17-4-5-25-19(17)27-12-28-20/h4-5,7-9,12,14,26H,2-3,6,10-11H2,1H3,(H,29,31)(H,25,27,28)/t14-/m1/s1. The largest absolute Gasteiger partial charge is 0.497 e. The predicted octanol–water partition coefficient (Wildman–Crippen LogP) is 3.18. The van der Waals surface area contributed by atoms with Gasteiger partial charge < -0.3 is 25.3 Å². The van der Waals surface area contributed by atoms with Crippen molar-refractivity contribution >= 4 is 28.4 Å². The summed E-state index contributed by atoms with van der Waals surface area (Å²) in [6, 6.07) is 5.10. The number of hydrogen-bond donors (Lipinski definition) is 3. The molecular weight excluding hydrogens is 425 g/mol. The number of amides is 1. The number of nitrogens with zero attached hydrogens (tertiary/aromatic N) is 3. The quantitative estimate of drug-likeness (QED) is 0.536. The molecule has 0 spiro atoms. The SMILES string of the molecule is COc1cc(NCC(=O)N[C@@H]2CCCN(c3ncnc4[nH]ccc34)C2)cc(C(F)(F)F)c1. The molecule has 0 bridgehead atoms. The third-order valence-electron chi connectivity index (χ3n) is 5.34. The average molecular weight is 448 g/mol. The van der Waals surface area contributed by atoms with Crippen LogP contribution in [0.1, 0.15) is 18.4 Å². The number of halogens is 3. The molecule has 3 heterocycles. The van der Waals surface area contributed by atoms with Gasteiger partial charge in [0.2, 0.25) is 5.91 Å². The molecule has 1 atom stereocenters. The summed E-state index contributed by atoms with van der Waals surface area (Å²) in [5.41, 5.74) is 0.0680. The summed E-state index contributed by atoms with van der Waals surface area (Å²) < 4.78 is 44.1. The normalized spacial score (nSPS) is 16.8. The third kappa shape index (κ3) is 4.87. The maximum absolute atomic E-state index is 13.1. The maximum Gasteiger partial charge on any atom is 0.416 e. The number of anilines is 2. The Labute approximate surface area is 182 Å². The zero-order chi connectivity index (χ0) is 22.7. The number of hydrogen-bond acceptors (Lipinski definition) is 6. The van der Waals surface area contributed by atoms with Crippen LogP contribution in [0, 0.1) is 0 Å². The van der Waals surface area contributed by atoms with Gasteiger partial charge in [-0.15, -0.1) is 0 Å². The highest BCUT2D eigenvalue weighted by atomic mass is 19.4. The van der Waals surface area contributed by atoms with Gasteiger partial charge in [-0.2, -0.15) is 13.2 Å². The number of carbonyl (C=O) groups is 1. The van der Waals surface area contributed by atoms with Crippen LogP contribution in [0.15, 0.2) is 36.8 Å². The number of benzene rings is 1. The molecule has 11 heteroatoms. The molecule has 0 aliphatic carbocycles. The number of rotatable bonds is 6. The first-order valence-electron chi connectivity index (χ1n) is 10.2. The molecule has 8 nitrogen and oxygen atoms in total. The summed E-state index contributed by atoms with van der Waals surface area (Å²) >= 11 is 0. The molecule has 1 saturated heterocycles. The topological polar surface area (TPSA) is 95.2 Å². The van der Waals surface area contributed by atoms with Crippen molar-refractivity contribution in [3.8, 4) is 5.75 Å². The van der Waals surface area contributed by atoms with Gasteiger partial charge in [-0.05, 0) is 31.0 Å². The van der Waals surface area contributed by atoms with E-state index in [4.69, 9.17) is 4.74 Å². The lowest BCUT2D eigenvalue weighted by molar-refractivity contribution is -0.137. The van der Waals surface area contributed by atoms with Crippen LogP contribution in [0.25, 0.3) is 11.0 Å². The molecule has 1 aromatic carbocycles. The number of nitrogens with one attached hydrogen (secondary N) is 3. The van der Waals surface area contributed by atoms with E-state index < -0.39 is 11.7 Å². The number of H-pyrrole nitrogens is 1. The third-order valence-corrected chi connectivity index (χ3v) is 5.34. The molecule has 32 heavy (non-hydrogen) atoms. The van der Waals surface area contributed by atoms with Crippen LogP contribution in [0.5, 0.6) is 5.75 Å². The van der Waals surface area contributed by atoms with Crippen molar-refractivity contribution in [2.24, 2.45) is 0 Å². The molecule has 0 unspecified atom stereocenters. The lowest BCUT2D eigenvalue weighted by Gasteiger charge is -2.34. The summed E-state index contributed by atoms with van der Waals surface area (Å²) in [4.78, 5) is 26.2. The fraction of sp³-hybridized carbons (Fsp3) is 0.381. The van der Waals surface area contributed by atoms with Crippen LogP contribution < -0.4 is 20.3 Å². The molecule has 0 radical (unpaired) electrons. The molecule has 4 rings (SSSR count). The first-order valence-corrected chi connectivity index (χ1v) is 10.2. The van der Waals surface area contributed by atoms with Crippen molar-refractivity contribution in [2.75, 3.05) is 37.0 Å². The molecule has 1 amide bonds. The fourth-order valence-corrected chi connectivity index (χ4v) is 3.84. The predicted molar refractivity (Wildman–Crippen MR) is 114 cm³/mol. The summed E-state index contributed by atoms with van der Waals surface area (Å²) in [5.74, 6) is 0.568. The van der Waals surface area contributed by atoms with Gasteiger partial charge in [0.25, 0.3) is 0 Å². The van der Waals surface area contributed by atoms with E-state index in [2.05, 4.69) is 30.5 Å².